The molecule has 0 spiro atoms. The van der Waals surface area contributed by atoms with Gasteiger partial charge in [0.25, 0.3) is 5.91 Å². The average molecular weight is 313 g/mol. The predicted octanol–water partition coefficient (Wildman–Crippen LogP) is 2.62. The van der Waals surface area contributed by atoms with Crippen molar-refractivity contribution in [2.24, 2.45) is 0 Å². The number of hydrogen-bond donors (Lipinski definition) is 2. The number of amides is 3. The fraction of sp³-hybridized carbons (Fsp3) is 0.333. The van der Waals surface area contributed by atoms with E-state index in [1.165, 1.54) is 0 Å². The van der Waals surface area contributed by atoms with Crippen LogP contribution >= 0.6 is 0 Å². The summed E-state index contributed by atoms with van der Waals surface area (Å²) in [6.07, 6.45) is 0. The lowest BCUT2D eigenvalue weighted by Gasteiger charge is -2.19. The van der Waals surface area contributed by atoms with E-state index in [-0.39, 0.29) is 11.9 Å². The van der Waals surface area contributed by atoms with E-state index in [9.17, 15) is 9.59 Å². The summed E-state index contributed by atoms with van der Waals surface area (Å²) in [6, 6.07) is 13.4. The molecule has 23 heavy (non-hydrogen) atoms. The normalized spacial score (nSPS) is 10.3. The number of nitrogens with one attached hydrogen (secondary N) is 2. The van der Waals surface area contributed by atoms with E-state index in [2.05, 4.69) is 10.6 Å². The zero-order valence-electron chi connectivity index (χ0n) is 13.6. The third kappa shape index (κ3) is 4.22. The second-order valence-electron chi connectivity index (χ2n) is 5.19. The molecule has 0 aliphatic rings. The molecule has 0 saturated carbocycles. The van der Waals surface area contributed by atoms with Crippen molar-refractivity contribution in [1.82, 2.24) is 15.5 Å². The van der Waals surface area contributed by atoms with Gasteiger partial charge in [-0.2, -0.15) is 0 Å². The van der Waals surface area contributed by atoms with E-state index < -0.39 is 0 Å². The summed E-state index contributed by atoms with van der Waals surface area (Å²) in [7, 11) is 0. The van der Waals surface area contributed by atoms with Gasteiger partial charge < -0.3 is 15.5 Å². The molecule has 2 aromatic rings. The van der Waals surface area contributed by atoms with Crippen LogP contribution < -0.4 is 10.6 Å². The lowest BCUT2D eigenvalue weighted by atomic mass is 10.0. The first kappa shape index (κ1) is 16.8. The van der Waals surface area contributed by atoms with Crippen molar-refractivity contribution in [2.75, 3.05) is 26.2 Å². The van der Waals surface area contributed by atoms with Crippen LogP contribution in [0.15, 0.2) is 42.5 Å². The van der Waals surface area contributed by atoms with Gasteiger partial charge in [0, 0.05) is 31.7 Å². The Morgan fingerprint density at radius 2 is 1.57 bits per heavy atom. The molecule has 2 aromatic carbocycles. The van der Waals surface area contributed by atoms with Crippen molar-refractivity contribution < 1.29 is 9.59 Å². The average Bonchev–Trinajstić information content (AvgIpc) is 2.59. The molecule has 0 fully saturated rings. The summed E-state index contributed by atoms with van der Waals surface area (Å²) in [5.41, 5.74) is 0.651. The molecule has 122 valence electrons. The Bertz CT molecular complexity index is 676. The lowest BCUT2D eigenvalue weighted by Crippen LogP contribution is -2.42. The molecule has 0 aliphatic heterocycles. The Morgan fingerprint density at radius 3 is 2.30 bits per heavy atom. The van der Waals surface area contributed by atoms with Crippen LogP contribution in [0.25, 0.3) is 10.8 Å². The largest absolute Gasteiger partial charge is 0.350 e. The van der Waals surface area contributed by atoms with Crippen molar-refractivity contribution in [2.45, 2.75) is 13.8 Å². The highest BCUT2D eigenvalue weighted by atomic mass is 16.2. The molecule has 0 saturated heterocycles. The minimum atomic E-state index is -0.126. The second kappa shape index (κ2) is 8.17. The highest BCUT2D eigenvalue weighted by molar-refractivity contribution is 6.06. The van der Waals surface area contributed by atoms with Crippen molar-refractivity contribution in [3.8, 4) is 0 Å². The smallest absolute Gasteiger partial charge is 0.317 e. The first-order valence-electron chi connectivity index (χ1n) is 7.96. The molecule has 3 amide bonds. The van der Waals surface area contributed by atoms with Crippen LogP contribution in [0, 0.1) is 0 Å². The summed E-state index contributed by atoms with van der Waals surface area (Å²) in [6.45, 7) is 6.02. The highest BCUT2D eigenvalue weighted by Gasteiger charge is 2.10. The van der Waals surface area contributed by atoms with Gasteiger partial charge in [0.05, 0.1) is 0 Å². The predicted molar refractivity (Wildman–Crippen MR) is 92.6 cm³/mol. The van der Waals surface area contributed by atoms with Gasteiger partial charge in [0.1, 0.15) is 0 Å². The standard InChI is InChI=1S/C18H23N3O2/c1-3-21(4-2)18(23)20-13-12-19-17(22)16-11-7-9-14-8-5-6-10-15(14)16/h5-11H,3-4,12-13H2,1-2H3,(H,19,22)(H,20,23). The molecule has 5 nitrogen and oxygen atoms in total. The number of urea groups is 1. The summed E-state index contributed by atoms with van der Waals surface area (Å²) < 4.78 is 0. The van der Waals surface area contributed by atoms with Gasteiger partial charge in [-0.25, -0.2) is 4.79 Å². The Balaban J connectivity index is 1.89. The first-order valence-corrected chi connectivity index (χ1v) is 7.96. The zero-order valence-corrected chi connectivity index (χ0v) is 13.6. The van der Waals surface area contributed by atoms with Gasteiger partial charge in [0.2, 0.25) is 0 Å². The summed E-state index contributed by atoms with van der Waals surface area (Å²) >= 11 is 0. The van der Waals surface area contributed by atoms with Gasteiger partial charge in [-0.05, 0) is 30.7 Å². The Labute approximate surface area is 136 Å². The number of carbonyl (C=O) groups is 2. The number of carbonyl (C=O) groups excluding carboxylic acids is 2. The van der Waals surface area contributed by atoms with E-state index in [0.29, 0.717) is 31.7 Å². The lowest BCUT2D eigenvalue weighted by molar-refractivity contribution is 0.0955. The number of hydrogen-bond acceptors (Lipinski definition) is 2. The van der Waals surface area contributed by atoms with E-state index in [0.717, 1.165) is 10.8 Å². The van der Waals surface area contributed by atoms with Gasteiger partial charge in [0.15, 0.2) is 0 Å². The number of nitrogens with zero attached hydrogens (tertiary/aromatic N) is 1. The Kier molecular flexibility index (Phi) is 5.97. The van der Waals surface area contributed by atoms with Crippen LogP contribution in [-0.4, -0.2) is 43.0 Å². The number of fused-ring (bicyclic) bond motifs is 1. The van der Waals surface area contributed by atoms with Crippen LogP contribution in [0.3, 0.4) is 0 Å². The molecule has 5 heteroatoms. The zero-order chi connectivity index (χ0) is 16.7. The summed E-state index contributed by atoms with van der Waals surface area (Å²) in [5.74, 6) is -0.126. The fourth-order valence-corrected chi connectivity index (χ4v) is 2.49. The molecule has 0 radical (unpaired) electrons. The van der Waals surface area contributed by atoms with Crippen molar-refractivity contribution in [3.05, 3.63) is 48.0 Å². The first-order chi connectivity index (χ1) is 11.2. The van der Waals surface area contributed by atoms with E-state index in [1.807, 2.05) is 56.3 Å². The second-order valence-corrected chi connectivity index (χ2v) is 5.19. The maximum absolute atomic E-state index is 12.3. The van der Waals surface area contributed by atoms with E-state index >= 15 is 0 Å². The Hall–Kier alpha value is -2.56. The maximum atomic E-state index is 12.3. The molecule has 2 N–H and O–H groups in total. The van der Waals surface area contributed by atoms with Crippen molar-refractivity contribution >= 4 is 22.7 Å². The molecular formula is C18H23N3O2. The SMILES string of the molecule is CCN(CC)C(=O)NCCNC(=O)c1cccc2ccccc12. The van der Waals surface area contributed by atoms with Gasteiger partial charge in [-0.3, -0.25) is 4.79 Å². The minimum absolute atomic E-state index is 0.102. The quantitative estimate of drug-likeness (QED) is 0.805. The number of rotatable bonds is 6. The molecule has 0 atom stereocenters. The summed E-state index contributed by atoms with van der Waals surface area (Å²) in [4.78, 5) is 25.8. The molecule has 0 aromatic heterocycles. The third-order valence-electron chi connectivity index (χ3n) is 3.77. The van der Waals surface area contributed by atoms with Crippen molar-refractivity contribution in [1.29, 1.82) is 0 Å². The number of benzene rings is 2. The van der Waals surface area contributed by atoms with Crippen LogP contribution in [0.4, 0.5) is 4.79 Å². The van der Waals surface area contributed by atoms with Crippen LogP contribution in [0.1, 0.15) is 24.2 Å². The Morgan fingerprint density at radius 1 is 0.913 bits per heavy atom. The molecule has 2 rings (SSSR count). The van der Waals surface area contributed by atoms with Crippen LogP contribution in [0.5, 0.6) is 0 Å². The molecule has 0 unspecified atom stereocenters. The minimum Gasteiger partial charge on any atom is -0.350 e. The fourth-order valence-electron chi connectivity index (χ4n) is 2.49. The van der Waals surface area contributed by atoms with Crippen LogP contribution in [0.2, 0.25) is 0 Å². The molecule has 0 bridgehead atoms. The van der Waals surface area contributed by atoms with Gasteiger partial charge >= 0.3 is 6.03 Å². The monoisotopic (exact) mass is 313 g/mol. The molecule has 0 aliphatic carbocycles. The maximum Gasteiger partial charge on any atom is 0.317 e. The summed E-state index contributed by atoms with van der Waals surface area (Å²) in [5, 5.41) is 7.62. The molecular weight excluding hydrogens is 290 g/mol. The molecule has 0 heterocycles. The van der Waals surface area contributed by atoms with E-state index in [1.54, 1.807) is 4.90 Å². The van der Waals surface area contributed by atoms with Gasteiger partial charge in [-0.15, -0.1) is 0 Å². The topological polar surface area (TPSA) is 61.4 Å². The third-order valence-corrected chi connectivity index (χ3v) is 3.77. The van der Waals surface area contributed by atoms with E-state index in [4.69, 9.17) is 0 Å². The van der Waals surface area contributed by atoms with Crippen molar-refractivity contribution in [3.63, 3.8) is 0 Å². The van der Waals surface area contributed by atoms with Crippen LogP contribution in [-0.2, 0) is 0 Å². The van der Waals surface area contributed by atoms with Gasteiger partial charge in [-0.1, -0.05) is 36.4 Å². The highest BCUT2D eigenvalue weighted by Crippen LogP contribution is 2.18.